The minimum atomic E-state index is -0.759. The highest BCUT2D eigenvalue weighted by atomic mass is 19.1. The predicted octanol–water partition coefficient (Wildman–Crippen LogP) is 3.19. The number of benzene rings is 2. The van der Waals surface area contributed by atoms with Gasteiger partial charge in [-0.15, -0.1) is 0 Å². The molecule has 2 aromatic carbocycles. The first kappa shape index (κ1) is 16.5. The molecule has 2 aromatic rings. The van der Waals surface area contributed by atoms with Crippen molar-refractivity contribution >= 4 is 23.2 Å². The summed E-state index contributed by atoms with van der Waals surface area (Å²) in [6.07, 6.45) is -0.759. The third-order valence-corrected chi connectivity index (χ3v) is 2.95. The number of rotatable bonds is 5. The van der Waals surface area contributed by atoms with Crippen LogP contribution in [0.15, 0.2) is 48.5 Å². The Labute approximate surface area is 133 Å². The summed E-state index contributed by atoms with van der Waals surface area (Å²) in [7, 11) is 0. The summed E-state index contributed by atoms with van der Waals surface area (Å²) in [5.41, 5.74) is 1.12. The van der Waals surface area contributed by atoms with Crippen LogP contribution in [0.1, 0.15) is 13.8 Å². The molecule has 0 heterocycles. The fraction of sp³-hybridized carbons (Fsp3) is 0.176. The standard InChI is InChI=1S/C17H17FN2O3/c1-11(23-16-8-6-13(18)7-9-16)17(22)20-15-5-3-4-14(10-15)19-12(2)21/h3-11H,1-2H3,(H,19,21)(H,20,22). The van der Waals surface area contributed by atoms with Crippen LogP contribution in [-0.4, -0.2) is 17.9 Å². The summed E-state index contributed by atoms with van der Waals surface area (Å²) in [6, 6.07) is 12.2. The van der Waals surface area contributed by atoms with Gasteiger partial charge in [0, 0.05) is 18.3 Å². The van der Waals surface area contributed by atoms with E-state index in [9.17, 15) is 14.0 Å². The van der Waals surface area contributed by atoms with Gasteiger partial charge in [0.05, 0.1) is 0 Å². The summed E-state index contributed by atoms with van der Waals surface area (Å²) >= 11 is 0. The smallest absolute Gasteiger partial charge is 0.265 e. The molecule has 0 fully saturated rings. The number of nitrogens with one attached hydrogen (secondary N) is 2. The van der Waals surface area contributed by atoms with Crippen LogP contribution in [0, 0.1) is 5.82 Å². The van der Waals surface area contributed by atoms with Crippen molar-refractivity contribution in [2.24, 2.45) is 0 Å². The molecule has 0 saturated carbocycles. The van der Waals surface area contributed by atoms with Crippen molar-refractivity contribution in [1.29, 1.82) is 0 Å². The Kier molecular flexibility index (Phi) is 5.30. The molecule has 0 aliphatic rings. The highest BCUT2D eigenvalue weighted by Crippen LogP contribution is 2.17. The number of hydrogen-bond donors (Lipinski definition) is 2. The summed E-state index contributed by atoms with van der Waals surface area (Å²) < 4.78 is 18.3. The molecule has 0 aromatic heterocycles. The average molecular weight is 316 g/mol. The van der Waals surface area contributed by atoms with Crippen LogP contribution in [0.5, 0.6) is 5.75 Å². The van der Waals surface area contributed by atoms with Gasteiger partial charge in [0.15, 0.2) is 6.10 Å². The lowest BCUT2D eigenvalue weighted by molar-refractivity contribution is -0.122. The fourth-order valence-electron chi connectivity index (χ4n) is 1.89. The summed E-state index contributed by atoms with van der Waals surface area (Å²) in [4.78, 5) is 23.2. The first-order valence-electron chi connectivity index (χ1n) is 7.05. The van der Waals surface area contributed by atoms with Crippen molar-refractivity contribution in [3.8, 4) is 5.75 Å². The predicted molar refractivity (Wildman–Crippen MR) is 85.9 cm³/mol. The van der Waals surface area contributed by atoms with Crippen LogP contribution in [-0.2, 0) is 9.59 Å². The van der Waals surface area contributed by atoms with E-state index in [0.717, 1.165) is 0 Å². The SMILES string of the molecule is CC(=O)Nc1cccc(NC(=O)C(C)Oc2ccc(F)cc2)c1. The van der Waals surface area contributed by atoms with Crippen molar-refractivity contribution in [3.05, 3.63) is 54.3 Å². The average Bonchev–Trinajstić information content (AvgIpc) is 2.49. The fourth-order valence-corrected chi connectivity index (χ4v) is 1.89. The number of carbonyl (C=O) groups excluding carboxylic acids is 2. The van der Waals surface area contributed by atoms with Gasteiger partial charge in [-0.25, -0.2) is 4.39 Å². The van der Waals surface area contributed by atoms with Crippen molar-refractivity contribution in [1.82, 2.24) is 0 Å². The molecule has 2 rings (SSSR count). The topological polar surface area (TPSA) is 67.4 Å². The molecule has 5 nitrogen and oxygen atoms in total. The molecular weight excluding hydrogens is 299 g/mol. The molecule has 1 unspecified atom stereocenters. The molecule has 0 bridgehead atoms. The summed E-state index contributed by atoms with van der Waals surface area (Å²) in [5, 5.41) is 5.33. The minimum Gasteiger partial charge on any atom is -0.481 e. The second-order valence-corrected chi connectivity index (χ2v) is 4.97. The van der Waals surface area contributed by atoms with E-state index in [-0.39, 0.29) is 17.6 Å². The molecule has 0 radical (unpaired) electrons. The normalized spacial score (nSPS) is 11.4. The van der Waals surface area contributed by atoms with E-state index in [0.29, 0.717) is 17.1 Å². The molecule has 0 aliphatic carbocycles. The Hall–Kier alpha value is -2.89. The first-order valence-corrected chi connectivity index (χ1v) is 7.05. The van der Waals surface area contributed by atoms with Crippen LogP contribution in [0.25, 0.3) is 0 Å². The highest BCUT2D eigenvalue weighted by molar-refractivity contribution is 5.95. The van der Waals surface area contributed by atoms with Gasteiger partial charge in [-0.2, -0.15) is 0 Å². The molecule has 0 saturated heterocycles. The van der Waals surface area contributed by atoms with Gasteiger partial charge >= 0.3 is 0 Å². The summed E-state index contributed by atoms with van der Waals surface area (Å²) in [6.45, 7) is 3.00. The van der Waals surface area contributed by atoms with Gasteiger partial charge in [-0.05, 0) is 49.4 Å². The maximum atomic E-state index is 12.8. The van der Waals surface area contributed by atoms with Crippen molar-refractivity contribution in [3.63, 3.8) is 0 Å². The second-order valence-electron chi connectivity index (χ2n) is 4.97. The molecule has 23 heavy (non-hydrogen) atoms. The molecule has 0 spiro atoms. The van der Waals surface area contributed by atoms with Gasteiger partial charge in [0.1, 0.15) is 11.6 Å². The monoisotopic (exact) mass is 316 g/mol. The molecule has 120 valence electrons. The Morgan fingerprint density at radius 1 is 1.04 bits per heavy atom. The zero-order valence-corrected chi connectivity index (χ0v) is 12.8. The largest absolute Gasteiger partial charge is 0.481 e. The van der Waals surface area contributed by atoms with Crippen molar-refractivity contribution in [2.45, 2.75) is 20.0 Å². The Balaban J connectivity index is 1.97. The molecule has 1 atom stereocenters. The Morgan fingerprint density at radius 2 is 1.65 bits per heavy atom. The van der Waals surface area contributed by atoms with Crippen molar-refractivity contribution in [2.75, 3.05) is 10.6 Å². The molecule has 0 aliphatic heterocycles. The Morgan fingerprint density at radius 3 is 2.26 bits per heavy atom. The van der Waals surface area contributed by atoms with Gasteiger partial charge < -0.3 is 15.4 Å². The number of carbonyl (C=O) groups is 2. The van der Waals surface area contributed by atoms with Gasteiger partial charge in [-0.1, -0.05) is 6.07 Å². The number of hydrogen-bond acceptors (Lipinski definition) is 3. The van der Waals surface area contributed by atoms with Gasteiger partial charge in [0.2, 0.25) is 5.91 Å². The van der Waals surface area contributed by atoms with E-state index in [4.69, 9.17) is 4.74 Å². The summed E-state index contributed by atoms with van der Waals surface area (Å²) in [5.74, 6) is -0.513. The van der Waals surface area contributed by atoms with E-state index in [1.165, 1.54) is 31.2 Å². The molecular formula is C17H17FN2O3. The third-order valence-electron chi connectivity index (χ3n) is 2.95. The molecule has 6 heteroatoms. The van der Waals surface area contributed by atoms with Crippen molar-refractivity contribution < 1.29 is 18.7 Å². The molecule has 2 amide bonds. The van der Waals surface area contributed by atoms with Crippen LogP contribution < -0.4 is 15.4 Å². The number of amides is 2. The maximum Gasteiger partial charge on any atom is 0.265 e. The van der Waals surface area contributed by atoms with Crippen LogP contribution in [0.2, 0.25) is 0 Å². The quantitative estimate of drug-likeness (QED) is 0.890. The lowest BCUT2D eigenvalue weighted by Crippen LogP contribution is -2.30. The van der Waals surface area contributed by atoms with E-state index in [1.54, 1.807) is 31.2 Å². The lowest BCUT2D eigenvalue weighted by atomic mass is 10.2. The van der Waals surface area contributed by atoms with Crippen LogP contribution >= 0.6 is 0 Å². The van der Waals surface area contributed by atoms with E-state index in [1.807, 2.05) is 0 Å². The van der Waals surface area contributed by atoms with Gasteiger partial charge in [-0.3, -0.25) is 9.59 Å². The van der Waals surface area contributed by atoms with Crippen LogP contribution in [0.4, 0.5) is 15.8 Å². The minimum absolute atomic E-state index is 0.193. The zero-order chi connectivity index (χ0) is 16.8. The number of anilines is 2. The molecule has 2 N–H and O–H groups in total. The number of ether oxygens (including phenoxy) is 1. The first-order chi connectivity index (χ1) is 10.9. The maximum absolute atomic E-state index is 12.8. The highest BCUT2D eigenvalue weighted by Gasteiger charge is 2.15. The van der Waals surface area contributed by atoms with E-state index < -0.39 is 6.10 Å². The number of halogens is 1. The lowest BCUT2D eigenvalue weighted by Gasteiger charge is -2.15. The van der Waals surface area contributed by atoms with Gasteiger partial charge in [0.25, 0.3) is 5.91 Å². The zero-order valence-electron chi connectivity index (χ0n) is 12.8. The van der Waals surface area contributed by atoms with E-state index >= 15 is 0 Å². The second kappa shape index (κ2) is 7.40. The third kappa shape index (κ3) is 5.10. The van der Waals surface area contributed by atoms with Crippen LogP contribution in [0.3, 0.4) is 0 Å². The van der Waals surface area contributed by atoms with E-state index in [2.05, 4.69) is 10.6 Å². The Bertz CT molecular complexity index is 701.